The number of hydrogen-bond donors (Lipinski definition) is 1. The van der Waals surface area contributed by atoms with Crippen LogP contribution in [0.4, 0.5) is 8.78 Å². The molecule has 2 aliphatic rings. The largest absolute Gasteiger partial charge is 0.495 e. The molecule has 1 aromatic carbocycles. The van der Waals surface area contributed by atoms with Gasteiger partial charge in [0.15, 0.2) is 0 Å². The molecule has 3 rings (SSSR count). The van der Waals surface area contributed by atoms with E-state index in [0.717, 1.165) is 5.56 Å². The summed E-state index contributed by atoms with van der Waals surface area (Å²) >= 11 is 0. The normalized spacial score (nSPS) is 24.0. The summed E-state index contributed by atoms with van der Waals surface area (Å²) in [7, 11) is -4.47. The van der Waals surface area contributed by atoms with Gasteiger partial charge in [-0.1, -0.05) is 11.6 Å². The van der Waals surface area contributed by atoms with E-state index in [-0.39, 0.29) is 30.2 Å². The first-order chi connectivity index (χ1) is 12.2. The first-order valence-electron chi connectivity index (χ1n) is 9.06. The van der Waals surface area contributed by atoms with Crippen LogP contribution in [0.25, 0.3) is 0 Å². The minimum Gasteiger partial charge on any atom is -0.399 e. The van der Waals surface area contributed by atoms with Gasteiger partial charge < -0.3 is 9.31 Å². The molecule has 0 spiro atoms. The summed E-state index contributed by atoms with van der Waals surface area (Å²) < 4.78 is 65.5. The van der Waals surface area contributed by atoms with Crippen molar-refractivity contribution in [2.75, 3.05) is 6.54 Å². The van der Waals surface area contributed by atoms with Gasteiger partial charge in [0.2, 0.25) is 15.9 Å². The molecule has 1 aliphatic heterocycles. The van der Waals surface area contributed by atoms with Crippen LogP contribution in [0.2, 0.25) is 0 Å². The van der Waals surface area contributed by atoms with Crippen molar-refractivity contribution in [2.24, 2.45) is 5.92 Å². The molecule has 1 aromatic rings. The van der Waals surface area contributed by atoms with Crippen LogP contribution in [0.5, 0.6) is 0 Å². The van der Waals surface area contributed by atoms with E-state index in [9.17, 15) is 17.2 Å². The van der Waals surface area contributed by atoms with Crippen molar-refractivity contribution in [3.8, 4) is 0 Å². The average Bonchev–Trinajstić information content (AvgIpc) is 2.71. The van der Waals surface area contributed by atoms with E-state index in [0.29, 0.717) is 5.46 Å². The topological polar surface area (TPSA) is 64.6 Å². The van der Waals surface area contributed by atoms with E-state index in [1.165, 1.54) is 12.1 Å². The highest BCUT2D eigenvalue weighted by Crippen LogP contribution is 2.42. The average molecular weight is 401 g/mol. The summed E-state index contributed by atoms with van der Waals surface area (Å²) in [6.45, 7) is 9.59. The lowest BCUT2D eigenvalue weighted by Crippen LogP contribution is -2.42. The van der Waals surface area contributed by atoms with Crippen molar-refractivity contribution < 1.29 is 26.5 Å². The summed E-state index contributed by atoms with van der Waals surface area (Å²) in [5.41, 5.74) is 0.428. The van der Waals surface area contributed by atoms with Crippen LogP contribution in [0, 0.1) is 12.8 Å². The zero-order valence-corrected chi connectivity index (χ0v) is 17.1. The minimum atomic E-state index is -3.80. The SMILES string of the molecule is Cc1ccc(S(=O)(=O)NCC2CC(F)(F)C2)cc1B1OC(C)(C)C(C)(C)O1. The van der Waals surface area contributed by atoms with Crippen LogP contribution in [-0.2, 0) is 19.3 Å². The minimum absolute atomic E-state index is 0.0115. The van der Waals surface area contributed by atoms with Crippen molar-refractivity contribution in [1.82, 2.24) is 4.72 Å². The summed E-state index contributed by atoms with van der Waals surface area (Å²) in [6, 6.07) is 4.74. The third-order valence-corrected chi connectivity index (χ3v) is 7.23. The lowest BCUT2D eigenvalue weighted by Gasteiger charge is -2.34. The van der Waals surface area contributed by atoms with E-state index >= 15 is 0 Å². The Labute approximate surface area is 160 Å². The maximum atomic E-state index is 12.9. The van der Waals surface area contributed by atoms with Gasteiger partial charge in [0.25, 0.3) is 0 Å². The summed E-state index contributed by atoms with van der Waals surface area (Å²) in [5, 5.41) is 0. The number of benzene rings is 1. The fourth-order valence-corrected chi connectivity index (χ4v) is 4.40. The summed E-state index contributed by atoms with van der Waals surface area (Å²) in [4.78, 5) is 0.0731. The number of aryl methyl sites for hydroxylation is 1. The van der Waals surface area contributed by atoms with Crippen LogP contribution >= 0.6 is 0 Å². The standard InChI is InChI=1S/C18H26BF2NO4S/c1-12-6-7-14(27(23,24)22-11-13-9-18(20,21)10-13)8-15(12)19-25-16(2,3)17(4,5)26-19/h6-8,13,22H,9-11H2,1-5H3. The van der Waals surface area contributed by atoms with Crippen molar-refractivity contribution in [1.29, 1.82) is 0 Å². The molecule has 150 valence electrons. The molecule has 1 heterocycles. The predicted molar refractivity (Wildman–Crippen MR) is 99.8 cm³/mol. The molecule has 1 saturated heterocycles. The zero-order chi connectivity index (χ0) is 20.3. The molecule has 1 aliphatic carbocycles. The van der Waals surface area contributed by atoms with Crippen LogP contribution in [0.1, 0.15) is 46.1 Å². The van der Waals surface area contributed by atoms with Gasteiger partial charge in [0, 0.05) is 19.4 Å². The Bertz CT molecular complexity index is 818. The van der Waals surface area contributed by atoms with E-state index in [2.05, 4.69) is 4.72 Å². The Morgan fingerprint density at radius 2 is 1.70 bits per heavy atom. The Morgan fingerprint density at radius 3 is 2.22 bits per heavy atom. The van der Waals surface area contributed by atoms with Crippen molar-refractivity contribution in [2.45, 2.75) is 69.5 Å². The van der Waals surface area contributed by atoms with Gasteiger partial charge >= 0.3 is 7.12 Å². The lowest BCUT2D eigenvalue weighted by molar-refractivity contribution is -0.108. The molecule has 9 heteroatoms. The van der Waals surface area contributed by atoms with Gasteiger partial charge in [-0.3, -0.25) is 0 Å². The second-order valence-electron chi connectivity index (χ2n) is 8.59. The van der Waals surface area contributed by atoms with Crippen LogP contribution in [-0.4, -0.2) is 39.2 Å². The van der Waals surface area contributed by atoms with Gasteiger partial charge in [-0.15, -0.1) is 0 Å². The zero-order valence-electron chi connectivity index (χ0n) is 16.3. The maximum absolute atomic E-state index is 12.9. The van der Waals surface area contributed by atoms with Crippen LogP contribution in [0.3, 0.4) is 0 Å². The van der Waals surface area contributed by atoms with Gasteiger partial charge in [0.1, 0.15) is 0 Å². The van der Waals surface area contributed by atoms with E-state index in [1.54, 1.807) is 6.07 Å². The highest BCUT2D eigenvalue weighted by molar-refractivity contribution is 7.89. The molecule has 0 unspecified atom stereocenters. The molecule has 0 amide bonds. The van der Waals surface area contributed by atoms with Gasteiger partial charge in [0.05, 0.1) is 16.1 Å². The lowest BCUT2D eigenvalue weighted by atomic mass is 9.76. The monoisotopic (exact) mass is 401 g/mol. The van der Waals surface area contributed by atoms with E-state index < -0.39 is 34.3 Å². The second-order valence-corrected chi connectivity index (χ2v) is 10.4. The summed E-state index contributed by atoms with van der Waals surface area (Å²) in [6.07, 6.45) is -0.550. The van der Waals surface area contributed by atoms with Crippen LogP contribution < -0.4 is 10.2 Å². The maximum Gasteiger partial charge on any atom is 0.495 e. The van der Waals surface area contributed by atoms with Crippen molar-refractivity contribution in [3.63, 3.8) is 0 Å². The van der Waals surface area contributed by atoms with Gasteiger partial charge in [-0.25, -0.2) is 21.9 Å². The Hall–Kier alpha value is -1.03. The number of halogens is 2. The molecule has 0 aromatic heterocycles. The number of sulfonamides is 1. The highest BCUT2D eigenvalue weighted by Gasteiger charge is 2.52. The van der Waals surface area contributed by atoms with Gasteiger partial charge in [-0.2, -0.15) is 0 Å². The van der Waals surface area contributed by atoms with E-state index in [1.807, 2.05) is 34.6 Å². The number of rotatable bonds is 5. The molecule has 1 N–H and O–H groups in total. The number of hydrogen-bond acceptors (Lipinski definition) is 4. The molecule has 2 fully saturated rings. The quantitative estimate of drug-likeness (QED) is 0.771. The first-order valence-corrected chi connectivity index (χ1v) is 10.5. The molecule has 27 heavy (non-hydrogen) atoms. The molecule has 0 atom stereocenters. The van der Waals surface area contributed by atoms with Crippen molar-refractivity contribution in [3.05, 3.63) is 23.8 Å². The molecular weight excluding hydrogens is 375 g/mol. The second kappa shape index (κ2) is 6.51. The molecule has 0 radical (unpaired) electrons. The summed E-state index contributed by atoms with van der Waals surface area (Å²) in [5.74, 6) is -2.99. The number of nitrogens with one attached hydrogen (secondary N) is 1. The third kappa shape index (κ3) is 4.06. The first kappa shape index (κ1) is 20.7. The fourth-order valence-electron chi connectivity index (χ4n) is 3.25. The fraction of sp³-hybridized carbons (Fsp3) is 0.667. The third-order valence-electron chi connectivity index (χ3n) is 5.80. The predicted octanol–water partition coefficient (Wildman–Crippen LogP) is 2.62. The highest BCUT2D eigenvalue weighted by atomic mass is 32.2. The Kier molecular flexibility index (Phi) is 4.99. The smallest absolute Gasteiger partial charge is 0.399 e. The Morgan fingerprint density at radius 1 is 1.15 bits per heavy atom. The molecular formula is C18H26BF2NO4S. The van der Waals surface area contributed by atoms with Crippen LogP contribution in [0.15, 0.2) is 23.1 Å². The molecule has 1 saturated carbocycles. The van der Waals surface area contributed by atoms with E-state index in [4.69, 9.17) is 9.31 Å². The van der Waals surface area contributed by atoms with Gasteiger partial charge in [-0.05, 0) is 58.1 Å². The Balaban J connectivity index is 1.77. The number of alkyl halides is 2. The molecule has 0 bridgehead atoms. The molecule has 5 nitrogen and oxygen atoms in total. The van der Waals surface area contributed by atoms with Crippen molar-refractivity contribution >= 4 is 22.6 Å².